The second-order valence-electron chi connectivity index (χ2n) is 5.33. The zero-order chi connectivity index (χ0) is 15.5. The van der Waals surface area contributed by atoms with Gasteiger partial charge in [-0.25, -0.2) is 18.4 Å². The van der Waals surface area contributed by atoms with E-state index in [0.717, 1.165) is 31.5 Å². The molecule has 0 bridgehead atoms. The molecule has 0 aromatic heterocycles. The maximum atomic E-state index is 12.1. The van der Waals surface area contributed by atoms with Crippen LogP contribution >= 0.6 is 0 Å². The Morgan fingerprint density at radius 1 is 1.19 bits per heavy atom. The number of urea groups is 1. The summed E-state index contributed by atoms with van der Waals surface area (Å²) in [5.74, 6) is 0. The summed E-state index contributed by atoms with van der Waals surface area (Å²) in [7, 11) is -3.68. The summed E-state index contributed by atoms with van der Waals surface area (Å²) in [5.41, 5.74) is 0.841. The molecule has 7 heteroatoms. The van der Waals surface area contributed by atoms with Crippen molar-refractivity contribution in [1.82, 2.24) is 10.2 Å². The highest BCUT2D eigenvalue weighted by Gasteiger charge is 2.18. The average Bonchev–Trinajstić information content (AvgIpc) is 2.47. The SMILES string of the molecule is CC(NC(=O)N1CCCCC1)c1ccc(S(N)(=O)=O)cc1. The molecule has 6 nitrogen and oxygen atoms in total. The first-order valence-corrected chi connectivity index (χ1v) is 8.61. The number of hydrogen-bond donors (Lipinski definition) is 2. The van der Waals surface area contributed by atoms with Crippen LogP contribution in [0, 0.1) is 0 Å². The predicted molar refractivity (Wildman–Crippen MR) is 80.2 cm³/mol. The Hall–Kier alpha value is -1.60. The van der Waals surface area contributed by atoms with Gasteiger partial charge in [0.05, 0.1) is 10.9 Å². The Kier molecular flexibility index (Phi) is 4.84. The van der Waals surface area contributed by atoms with Crippen molar-refractivity contribution in [2.75, 3.05) is 13.1 Å². The number of carbonyl (C=O) groups is 1. The summed E-state index contributed by atoms with van der Waals surface area (Å²) in [6, 6.07) is 5.98. The molecule has 1 aromatic rings. The summed E-state index contributed by atoms with van der Waals surface area (Å²) >= 11 is 0. The minimum Gasteiger partial charge on any atom is -0.331 e. The van der Waals surface area contributed by atoms with E-state index in [1.807, 2.05) is 11.8 Å². The van der Waals surface area contributed by atoms with E-state index in [0.29, 0.717) is 0 Å². The highest BCUT2D eigenvalue weighted by Crippen LogP contribution is 2.16. The lowest BCUT2D eigenvalue weighted by molar-refractivity contribution is 0.183. The van der Waals surface area contributed by atoms with Crippen LogP contribution in [0.1, 0.15) is 37.8 Å². The van der Waals surface area contributed by atoms with Gasteiger partial charge in [0.15, 0.2) is 0 Å². The fourth-order valence-corrected chi connectivity index (χ4v) is 2.92. The van der Waals surface area contributed by atoms with Crippen molar-refractivity contribution in [3.63, 3.8) is 0 Å². The van der Waals surface area contributed by atoms with E-state index in [-0.39, 0.29) is 17.0 Å². The van der Waals surface area contributed by atoms with Crippen LogP contribution in [0.2, 0.25) is 0 Å². The number of sulfonamides is 1. The third-order valence-corrected chi connectivity index (χ3v) is 4.62. The van der Waals surface area contributed by atoms with E-state index >= 15 is 0 Å². The largest absolute Gasteiger partial charge is 0.331 e. The zero-order valence-corrected chi connectivity index (χ0v) is 12.9. The molecule has 1 fully saturated rings. The molecule has 1 aliphatic rings. The highest BCUT2D eigenvalue weighted by atomic mass is 32.2. The maximum absolute atomic E-state index is 12.1. The van der Waals surface area contributed by atoms with Crippen LogP contribution in [0.4, 0.5) is 4.79 Å². The minimum absolute atomic E-state index is 0.0702. The van der Waals surface area contributed by atoms with E-state index in [1.165, 1.54) is 18.6 Å². The Bertz CT molecular complexity index is 592. The smallest absolute Gasteiger partial charge is 0.317 e. The zero-order valence-electron chi connectivity index (χ0n) is 12.1. The second-order valence-corrected chi connectivity index (χ2v) is 6.89. The van der Waals surface area contributed by atoms with Crippen molar-refractivity contribution in [3.05, 3.63) is 29.8 Å². The van der Waals surface area contributed by atoms with Crippen LogP contribution in [-0.4, -0.2) is 32.4 Å². The van der Waals surface area contributed by atoms with E-state index < -0.39 is 10.0 Å². The Morgan fingerprint density at radius 3 is 2.29 bits per heavy atom. The highest BCUT2D eigenvalue weighted by molar-refractivity contribution is 7.89. The van der Waals surface area contributed by atoms with Gasteiger partial charge in [0.1, 0.15) is 0 Å². The molecule has 1 saturated heterocycles. The summed E-state index contributed by atoms with van der Waals surface area (Å²) < 4.78 is 22.4. The van der Waals surface area contributed by atoms with Gasteiger partial charge in [0, 0.05) is 13.1 Å². The number of amides is 2. The topological polar surface area (TPSA) is 92.5 Å². The standard InChI is InChI=1S/C14H21N3O3S/c1-11(16-14(18)17-9-3-2-4-10-17)12-5-7-13(8-6-12)21(15,19)20/h5-8,11H,2-4,9-10H2,1H3,(H,16,18)(H2,15,19,20). The molecule has 116 valence electrons. The molecular weight excluding hydrogens is 290 g/mol. The van der Waals surface area contributed by atoms with Gasteiger partial charge in [-0.15, -0.1) is 0 Å². The van der Waals surface area contributed by atoms with Crippen molar-refractivity contribution in [1.29, 1.82) is 0 Å². The van der Waals surface area contributed by atoms with Gasteiger partial charge in [-0.1, -0.05) is 12.1 Å². The fourth-order valence-electron chi connectivity index (χ4n) is 2.40. The number of rotatable bonds is 3. The molecular formula is C14H21N3O3S. The van der Waals surface area contributed by atoms with Crippen LogP contribution in [0.3, 0.4) is 0 Å². The van der Waals surface area contributed by atoms with Gasteiger partial charge < -0.3 is 10.2 Å². The molecule has 0 spiro atoms. The van der Waals surface area contributed by atoms with Crippen molar-refractivity contribution < 1.29 is 13.2 Å². The lowest BCUT2D eigenvalue weighted by atomic mass is 10.1. The summed E-state index contributed by atoms with van der Waals surface area (Å²) in [6.07, 6.45) is 3.27. The number of nitrogens with two attached hydrogens (primary N) is 1. The predicted octanol–water partition coefficient (Wildman–Crippen LogP) is 1.59. The van der Waals surface area contributed by atoms with Crippen LogP contribution < -0.4 is 10.5 Å². The summed E-state index contributed by atoms with van der Waals surface area (Å²) in [4.78, 5) is 14.0. The Balaban J connectivity index is 1.99. The summed E-state index contributed by atoms with van der Waals surface area (Å²) in [5, 5.41) is 7.99. The van der Waals surface area contributed by atoms with Crippen molar-refractivity contribution in [2.24, 2.45) is 5.14 Å². The van der Waals surface area contributed by atoms with Gasteiger partial charge in [0.2, 0.25) is 10.0 Å². The monoisotopic (exact) mass is 311 g/mol. The number of benzene rings is 1. The molecule has 2 amide bonds. The minimum atomic E-state index is -3.68. The van der Waals surface area contributed by atoms with Crippen molar-refractivity contribution in [3.8, 4) is 0 Å². The molecule has 0 saturated carbocycles. The van der Waals surface area contributed by atoms with E-state index in [4.69, 9.17) is 5.14 Å². The maximum Gasteiger partial charge on any atom is 0.317 e. The van der Waals surface area contributed by atoms with Crippen molar-refractivity contribution in [2.45, 2.75) is 37.1 Å². The lowest BCUT2D eigenvalue weighted by Crippen LogP contribution is -2.43. The molecule has 1 heterocycles. The lowest BCUT2D eigenvalue weighted by Gasteiger charge is -2.28. The third-order valence-electron chi connectivity index (χ3n) is 3.69. The molecule has 0 aliphatic carbocycles. The molecule has 21 heavy (non-hydrogen) atoms. The van der Waals surface area contributed by atoms with Gasteiger partial charge in [-0.05, 0) is 43.9 Å². The number of carbonyl (C=O) groups excluding carboxylic acids is 1. The van der Waals surface area contributed by atoms with E-state index in [9.17, 15) is 13.2 Å². The number of piperidine rings is 1. The fraction of sp³-hybridized carbons (Fsp3) is 0.500. The van der Waals surface area contributed by atoms with Gasteiger partial charge in [-0.3, -0.25) is 0 Å². The average molecular weight is 311 g/mol. The Morgan fingerprint density at radius 2 is 1.76 bits per heavy atom. The van der Waals surface area contributed by atoms with Crippen LogP contribution in [0.15, 0.2) is 29.2 Å². The van der Waals surface area contributed by atoms with Crippen LogP contribution in [0.25, 0.3) is 0 Å². The second kappa shape index (κ2) is 6.44. The van der Waals surface area contributed by atoms with Crippen LogP contribution in [0.5, 0.6) is 0 Å². The first kappa shape index (κ1) is 15.8. The molecule has 0 radical (unpaired) electrons. The Labute approximate surface area is 125 Å². The normalized spacial score (nSPS) is 17.3. The first-order chi connectivity index (χ1) is 9.88. The van der Waals surface area contributed by atoms with E-state index in [2.05, 4.69) is 5.32 Å². The number of hydrogen-bond acceptors (Lipinski definition) is 3. The van der Waals surface area contributed by atoms with Crippen LogP contribution in [-0.2, 0) is 10.0 Å². The number of likely N-dealkylation sites (tertiary alicyclic amines) is 1. The molecule has 1 unspecified atom stereocenters. The molecule has 2 rings (SSSR count). The van der Waals surface area contributed by atoms with E-state index in [1.54, 1.807) is 12.1 Å². The number of nitrogens with one attached hydrogen (secondary N) is 1. The van der Waals surface area contributed by atoms with Crippen molar-refractivity contribution >= 4 is 16.1 Å². The van der Waals surface area contributed by atoms with Gasteiger partial charge in [0.25, 0.3) is 0 Å². The number of primary sulfonamides is 1. The quantitative estimate of drug-likeness (QED) is 0.888. The number of nitrogens with zero attached hydrogens (tertiary/aromatic N) is 1. The van der Waals surface area contributed by atoms with Gasteiger partial charge in [-0.2, -0.15) is 0 Å². The molecule has 3 N–H and O–H groups in total. The summed E-state index contributed by atoms with van der Waals surface area (Å²) in [6.45, 7) is 3.46. The van der Waals surface area contributed by atoms with Gasteiger partial charge >= 0.3 is 6.03 Å². The molecule has 1 aromatic carbocycles. The third kappa shape index (κ3) is 4.18. The first-order valence-electron chi connectivity index (χ1n) is 7.06. The molecule has 1 aliphatic heterocycles. The molecule has 1 atom stereocenters.